The second-order valence-corrected chi connectivity index (χ2v) is 4.18. The summed E-state index contributed by atoms with van der Waals surface area (Å²) in [6, 6.07) is 3.55. The number of halogens is 3. The van der Waals surface area contributed by atoms with Crippen LogP contribution in [-0.4, -0.2) is 37.5 Å². The van der Waals surface area contributed by atoms with Gasteiger partial charge < -0.3 is 14.8 Å². The molecular weight excluding hydrogens is 273 g/mol. The summed E-state index contributed by atoms with van der Waals surface area (Å²) in [6.07, 6.45) is -1.69. The monoisotopic (exact) mass is 292 g/mol. The number of alkyl halides is 3. The van der Waals surface area contributed by atoms with Crippen LogP contribution in [0.15, 0.2) is 18.3 Å². The highest BCUT2D eigenvalue weighted by atomic mass is 19.4. The van der Waals surface area contributed by atoms with Gasteiger partial charge in [0.05, 0.1) is 18.5 Å². The molecule has 0 atom stereocenters. The first-order valence-electron chi connectivity index (χ1n) is 6.44. The van der Waals surface area contributed by atoms with Gasteiger partial charge in [0, 0.05) is 6.54 Å². The Kier molecular flexibility index (Phi) is 7.32. The van der Waals surface area contributed by atoms with E-state index in [0.717, 1.165) is 18.7 Å². The van der Waals surface area contributed by atoms with Crippen molar-refractivity contribution in [1.29, 1.82) is 0 Å². The van der Waals surface area contributed by atoms with Crippen LogP contribution < -0.4 is 10.1 Å². The van der Waals surface area contributed by atoms with Crippen LogP contribution in [-0.2, 0) is 11.3 Å². The van der Waals surface area contributed by atoms with Crippen molar-refractivity contribution in [3.63, 3.8) is 0 Å². The van der Waals surface area contributed by atoms with Gasteiger partial charge in [-0.15, -0.1) is 0 Å². The van der Waals surface area contributed by atoms with E-state index in [2.05, 4.69) is 22.0 Å². The first-order valence-corrected chi connectivity index (χ1v) is 6.44. The molecule has 0 saturated heterocycles. The van der Waals surface area contributed by atoms with E-state index in [-0.39, 0.29) is 13.2 Å². The van der Waals surface area contributed by atoms with Gasteiger partial charge >= 0.3 is 6.18 Å². The van der Waals surface area contributed by atoms with Crippen LogP contribution in [0.5, 0.6) is 5.75 Å². The lowest BCUT2D eigenvalue weighted by Crippen LogP contribution is -2.19. The fourth-order valence-corrected chi connectivity index (χ4v) is 1.40. The molecule has 1 N–H and O–H groups in total. The molecule has 0 aromatic carbocycles. The Bertz CT molecular complexity index is 369. The Morgan fingerprint density at radius 1 is 1.25 bits per heavy atom. The number of hydrogen-bond donors (Lipinski definition) is 1. The fraction of sp³-hybridized carbons (Fsp3) is 0.615. The molecule has 0 aliphatic carbocycles. The first-order chi connectivity index (χ1) is 9.51. The number of pyridine rings is 1. The SMILES string of the molecule is CCCNCc1ccc(OCCOCC(F)(F)F)cn1. The molecular formula is C13H19F3N2O2. The van der Waals surface area contributed by atoms with Crippen LogP contribution in [0.2, 0.25) is 0 Å². The molecule has 0 saturated carbocycles. The summed E-state index contributed by atoms with van der Waals surface area (Å²) < 4.78 is 45.0. The van der Waals surface area contributed by atoms with Gasteiger partial charge in [0.1, 0.15) is 19.0 Å². The quantitative estimate of drug-likeness (QED) is 0.710. The summed E-state index contributed by atoms with van der Waals surface area (Å²) in [6.45, 7) is 2.39. The maximum Gasteiger partial charge on any atom is 0.411 e. The highest BCUT2D eigenvalue weighted by Crippen LogP contribution is 2.14. The molecule has 0 amide bonds. The summed E-state index contributed by atoms with van der Waals surface area (Å²) in [5, 5.41) is 3.21. The Hall–Kier alpha value is -1.34. The van der Waals surface area contributed by atoms with E-state index in [1.807, 2.05) is 6.07 Å². The van der Waals surface area contributed by atoms with Gasteiger partial charge in [0.15, 0.2) is 0 Å². The van der Waals surface area contributed by atoms with Gasteiger partial charge in [-0.2, -0.15) is 13.2 Å². The molecule has 0 bridgehead atoms. The smallest absolute Gasteiger partial charge is 0.411 e. The van der Waals surface area contributed by atoms with Crippen molar-refractivity contribution in [2.45, 2.75) is 26.1 Å². The average molecular weight is 292 g/mol. The lowest BCUT2D eigenvalue weighted by atomic mass is 10.3. The van der Waals surface area contributed by atoms with E-state index >= 15 is 0 Å². The number of nitrogens with one attached hydrogen (secondary N) is 1. The predicted molar refractivity (Wildman–Crippen MR) is 68.6 cm³/mol. The molecule has 114 valence electrons. The Balaban J connectivity index is 2.18. The van der Waals surface area contributed by atoms with Crippen molar-refractivity contribution in [1.82, 2.24) is 10.3 Å². The van der Waals surface area contributed by atoms with E-state index in [0.29, 0.717) is 12.3 Å². The second kappa shape index (κ2) is 8.76. The molecule has 1 aromatic heterocycles. The van der Waals surface area contributed by atoms with Gasteiger partial charge in [-0.3, -0.25) is 4.98 Å². The van der Waals surface area contributed by atoms with Crippen LogP contribution in [0.25, 0.3) is 0 Å². The number of rotatable bonds is 9. The largest absolute Gasteiger partial charge is 0.490 e. The maximum absolute atomic E-state index is 11.8. The molecule has 1 rings (SSSR count). The summed E-state index contributed by atoms with van der Waals surface area (Å²) in [5.41, 5.74) is 0.888. The summed E-state index contributed by atoms with van der Waals surface area (Å²) >= 11 is 0. The van der Waals surface area contributed by atoms with Gasteiger partial charge in [0.25, 0.3) is 0 Å². The predicted octanol–water partition coefficient (Wildman–Crippen LogP) is 2.54. The number of hydrogen-bond acceptors (Lipinski definition) is 4. The van der Waals surface area contributed by atoms with Gasteiger partial charge in [-0.05, 0) is 25.1 Å². The minimum atomic E-state index is -4.30. The van der Waals surface area contributed by atoms with Crippen LogP contribution in [0.3, 0.4) is 0 Å². The third-order valence-corrected chi connectivity index (χ3v) is 2.29. The minimum Gasteiger partial charge on any atom is -0.490 e. The normalized spacial score (nSPS) is 11.6. The molecule has 0 spiro atoms. The lowest BCUT2D eigenvalue weighted by Gasteiger charge is -2.09. The molecule has 1 aromatic rings. The summed E-state index contributed by atoms with van der Waals surface area (Å²) in [5.74, 6) is 0.514. The van der Waals surface area contributed by atoms with Crippen molar-refractivity contribution in [2.75, 3.05) is 26.4 Å². The van der Waals surface area contributed by atoms with E-state index < -0.39 is 12.8 Å². The molecule has 0 aliphatic rings. The van der Waals surface area contributed by atoms with Crippen LogP contribution in [0, 0.1) is 0 Å². The third kappa shape index (κ3) is 7.96. The van der Waals surface area contributed by atoms with Crippen molar-refractivity contribution in [3.8, 4) is 5.75 Å². The highest BCUT2D eigenvalue weighted by Gasteiger charge is 2.27. The molecule has 0 unspecified atom stereocenters. The van der Waals surface area contributed by atoms with E-state index in [1.54, 1.807) is 12.3 Å². The lowest BCUT2D eigenvalue weighted by molar-refractivity contribution is -0.175. The van der Waals surface area contributed by atoms with Crippen LogP contribution >= 0.6 is 0 Å². The minimum absolute atomic E-state index is 0.0607. The number of ether oxygens (including phenoxy) is 2. The summed E-state index contributed by atoms with van der Waals surface area (Å²) in [4.78, 5) is 4.18. The zero-order chi connectivity index (χ0) is 14.8. The Morgan fingerprint density at radius 3 is 2.65 bits per heavy atom. The van der Waals surface area contributed by atoms with Crippen molar-refractivity contribution < 1.29 is 22.6 Å². The van der Waals surface area contributed by atoms with Gasteiger partial charge in [-0.25, -0.2) is 0 Å². The zero-order valence-corrected chi connectivity index (χ0v) is 11.4. The van der Waals surface area contributed by atoms with E-state index in [9.17, 15) is 13.2 Å². The number of aromatic nitrogens is 1. The van der Waals surface area contributed by atoms with Crippen LogP contribution in [0.4, 0.5) is 13.2 Å². The fourth-order valence-electron chi connectivity index (χ4n) is 1.40. The Morgan fingerprint density at radius 2 is 2.05 bits per heavy atom. The first kappa shape index (κ1) is 16.7. The standard InChI is InChI=1S/C13H19F3N2O2/c1-2-5-17-8-11-3-4-12(9-18-11)20-7-6-19-10-13(14,15)16/h3-4,9,17H,2,5-8,10H2,1H3. The number of nitrogens with zero attached hydrogens (tertiary/aromatic N) is 1. The van der Waals surface area contributed by atoms with Crippen molar-refractivity contribution in [2.24, 2.45) is 0 Å². The van der Waals surface area contributed by atoms with E-state index in [4.69, 9.17) is 4.74 Å². The molecule has 4 nitrogen and oxygen atoms in total. The molecule has 0 radical (unpaired) electrons. The second-order valence-electron chi connectivity index (χ2n) is 4.18. The van der Waals surface area contributed by atoms with Crippen molar-refractivity contribution in [3.05, 3.63) is 24.0 Å². The Labute approximate surface area is 116 Å². The molecule has 7 heteroatoms. The summed E-state index contributed by atoms with van der Waals surface area (Å²) in [7, 11) is 0. The van der Waals surface area contributed by atoms with Crippen LogP contribution in [0.1, 0.15) is 19.0 Å². The average Bonchev–Trinajstić information content (AvgIpc) is 2.39. The van der Waals surface area contributed by atoms with E-state index in [1.165, 1.54) is 0 Å². The molecule has 0 fully saturated rings. The van der Waals surface area contributed by atoms with Crippen molar-refractivity contribution >= 4 is 0 Å². The van der Waals surface area contributed by atoms with Gasteiger partial charge in [-0.1, -0.05) is 6.92 Å². The van der Waals surface area contributed by atoms with Gasteiger partial charge in [0.2, 0.25) is 0 Å². The molecule has 0 aliphatic heterocycles. The third-order valence-electron chi connectivity index (χ3n) is 2.29. The zero-order valence-electron chi connectivity index (χ0n) is 11.4. The maximum atomic E-state index is 11.8. The topological polar surface area (TPSA) is 43.4 Å². The molecule has 20 heavy (non-hydrogen) atoms. The molecule has 1 heterocycles. The highest BCUT2D eigenvalue weighted by molar-refractivity contribution is 5.19.